The molecule has 0 aliphatic carbocycles. The molecular formula is C16H10BrN5O. The Balaban J connectivity index is 1.74. The molecule has 0 fully saturated rings. The molecule has 0 amide bonds. The van der Waals surface area contributed by atoms with Crippen LogP contribution in [0, 0.1) is 0 Å². The lowest BCUT2D eigenvalue weighted by atomic mass is 10.2. The maximum Gasteiger partial charge on any atom is 0.230 e. The molecule has 0 N–H and O–H groups in total. The maximum atomic E-state index is 5.95. The summed E-state index contributed by atoms with van der Waals surface area (Å²) in [7, 11) is 0. The normalized spacial score (nSPS) is 10.8. The van der Waals surface area contributed by atoms with Gasteiger partial charge in [-0.25, -0.2) is 14.6 Å². The fourth-order valence-electron chi connectivity index (χ4n) is 2.23. The summed E-state index contributed by atoms with van der Waals surface area (Å²) in [6.07, 6.45) is 4.89. The highest BCUT2D eigenvalue weighted by Gasteiger charge is 2.08. The Kier molecular flexibility index (Phi) is 3.47. The first-order valence-corrected chi connectivity index (χ1v) is 7.64. The van der Waals surface area contributed by atoms with Crippen molar-refractivity contribution in [3.63, 3.8) is 0 Å². The second kappa shape index (κ2) is 5.77. The molecule has 0 saturated heterocycles. The molecule has 0 spiro atoms. The van der Waals surface area contributed by atoms with Gasteiger partial charge in [0.2, 0.25) is 5.88 Å². The van der Waals surface area contributed by atoms with Crippen molar-refractivity contribution >= 4 is 26.8 Å². The second-order valence-corrected chi connectivity index (χ2v) is 5.70. The summed E-state index contributed by atoms with van der Waals surface area (Å²) in [5.41, 5.74) is 1.69. The van der Waals surface area contributed by atoms with Crippen LogP contribution in [0.2, 0.25) is 0 Å². The minimum absolute atomic E-state index is 0.507. The fourth-order valence-corrected chi connectivity index (χ4v) is 2.59. The van der Waals surface area contributed by atoms with E-state index in [0.717, 1.165) is 21.1 Å². The lowest BCUT2D eigenvalue weighted by molar-refractivity contribution is 0.467. The lowest BCUT2D eigenvalue weighted by Crippen LogP contribution is -1.96. The van der Waals surface area contributed by atoms with Crippen LogP contribution >= 0.6 is 15.9 Å². The van der Waals surface area contributed by atoms with Crippen LogP contribution in [0.1, 0.15) is 0 Å². The molecule has 112 valence electrons. The SMILES string of the molecule is Brc1ccc2ncnc(Oc3cccc(-n4ccnn4)c3)c2c1. The predicted molar refractivity (Wildman–Crippen MR) is 88.7 cm³/mol. The molecule has 4 rings (SSSR count). The molecule has 0 saturated carbocycles. The van der Waals surface area contributed by atoms with E-state index < -0.39 is 0 Å². The number of benzene rings is 2. The molecule has 0 unspecified atom stereocenters. The molecule has 0 atom stereocenters. The zero-order valence-corrected chi connectivity index (χ0v) is 13.4. The van der Waals surface area contributed by atoms with Crippen LogP contribution < -0.4 is 4.74 Å². The molecule has 7 heteroatoms. The van der Waals surface area contributed by atoms with E-state index in [1.807, 2.05) is 42.5 Å². The first-order chi connectivity index (χ1) is 11.3. The number of ether oxygens (including phenoxy) is 1. The van der Waals surface area contributed by atoms with Gasteiger partial charge in [-0.15, -0.1) is 5.10 Å². The van der Waals surface area contributed by atoms with Crippen LogP contribution in [0.5, 0.6) is 11.6 Å². The Morgan fingerprint density at radius 2 is 2.00 bits per heavy atom. The van der Waals surface area contributed by atoms with Gasteiger partial charge in [-0.05, 0) is 30.3 Å². The number of hydrogen-bond donors (Lipinski definition) is 0. The summed E-state index contributed by atoms with van der Waals surface area (Å²) in [5, 5.41) is 8.63. The summed E-state index contributed by atoms with van der Waals surface area (Å²) in [4.78, 5) is 8.50. The Morgan fingerprint density at radius 1 is 1.04 bits per heavy atom. The minimum atomic E-state index is 0.507. The fraction of sp³-hybridized carbons (Fsp3) is 0. The van der Waals surface area contributed by atoms with Crippen molar-refractivity contribution in [3.05, 3.63) is 65.7 Å². The monoisotopic (exact) mass is 367 g/mol. The van der Waals surface area contributed by atoms with Gasteiger partial charge in [-0.3, -0.25) is 0 Å². The average Bonchev–Trinajstić information content (AvgIpc) is 3.10. The van der Waals surface area contributed by atoms with Crippen LogP contribution in [-0.4, -0.2) is 25.0 Å². The van der Waals surface area contributed by atoms with Gasteiger partial charge in [0.15, 0.2) is 0 Å². The molecule has 4 aromatic rings. The molecular weight excluding hydrogens is 358 g/mol. The van der Waals surface area contributed by atoms with Crippen molar-refractivity contribution in [3.8, 4) is 17.3 Å². The molecule has 2 heterocycles. The predicted octanol–water partition coefficient (Wildman–Crippen LogP) is 3.77. The minimum Gasteiger partial charge on any atom is -0.438 e. The van der Waals surface area contributed by atoms with Crippen molar-refractivity contribution in [2.75, 3.05) is 0 Å². The Labute approximate surface area is 139 Å². The lowest BCUT2D eigenvalue weighted by Gasteiger charge is -2.09. The summed E-state index contributed by atoms with van der Waals surface area (Å²) < 4.78 is 8.57. The van der Waals surface area contributed by atoms with Crippen molar-refractivity contribution in [2.24, 2.45) is 0 Å². The number of halogens is 1. The van der Waals surface area contributed by atoms with Crippen LogP contribution in [-0.2, 0) is 0 Å². The van der Waals surface area contributed by atoms with Gasteiger partial charge in [-0.1, -0.05) is 27.2 Å². The van der Waals surface area contributed by atoms with E-state index in [1.54, 1.807) is 17.1 Å². The third-order valence-corrected chi connectivity index (χ3v) is 3.77. The van der Waals surface area contributed by atoms with Crippen molar-refractivity contribution in [2.45, 2.75) is 0 Å². The molecule has 23 heavy (non-hydrogen) atoms. The van der Waals surface area contributed by atoms with E-state index in [4.69, 9.17) is 4.74 Å². The summed E-state index contributed by atoms with van der Waals surface area (Å²) in [6.45, 7) is 0. The molecule has 0 aliphatic heterocycles. The molecule has 2 aromatic heterocycles. The number of hydrogen-bond acceptors (Lipinski definition) is 5. The number of fused-ring (bicyclic) bond motifs is 1. The summed E-state index contributed by atoms with van der Waals surface area (Å²) >= 11 is 3.46. The second-order valence-electron chi connectivity index (χ2n) is 4.79. The Morgan fingerprint density at radius 3 is 2.87 bits per heavy atom. The molecule has 0 radical (unpaired) electrons. The zero-order valence-electron chi connectivity index (χ0n) is 11.8. The van der Waals surface area contributed by atoms with Crippen molar-refractivity contribution in [1.29, 1.82) is 0 Å². The van der Waals surface area contributed by atoms with Gasteiger partial charge >= 0.3 is 0 Å². The molecule has 0 bridgehead atoms. The Hall–Kier alpha value is -2.80. The third-order valence-electron chi connectivity index (χ3n) is 3.28. The van der Waals surface area contributed by atoms with Crippen LogP contribution in [0.15, 0.2) is 65.7 Å². The van der Waals surface area contributed by atoms with Gasteiger partial charge in [0.25, 0.3) is 0 Å². The topological polar surface area (TPSA) is 65.7 Å². The largest absolute Gasteiger partial charge is 0.438 e. The third kappa shape index (κ3) is 2.78. The van der Waals surface area contributed by atoms with Gasteiger partial charge in [0.05, 0.1) is 29.0 Å². The zero-order chi connectivity index (χ0) is 15.6. The Bertz CT molecular complexity index is 971. The summed E-state index contributed by atoms with van der Waals surface area (Å²) in [6, 6.07) is 13.4. The quantitative estimate of drug-likeness (QED) is 0.551. The van der Waals surface area contributed by atoms with Gasteiger partial charge in [0.1, 0.15) is 12.1 Å². The standard InChI is InChI=1S/C16H10BrN5O/c17-11-4-5-15-14(8-11)16(19-10-18-15)23-13-3-1-2-12(9-13)22-7-6-20-21-22/h1-10H. The number of rotatable bonds is 3. The van der Waals surface area contributed by atoms with Crippen molar-refractivity contribution < 1.29 is 4.74 Å². The molecule has 6 nitrogen and oxygen atoms in total. The van der Waals surface area contributed by atoms with E-state index in [1.165, 1.54) is 6.33 Å². The number of aromatic nitrogens is 5. The maximum absolute atomic E-state index is 5.95. The molecule has 2 aromatic carbocycles. The van der Waals surface area contributed by atoms with E-state index in [0.29, 0.717) is 11.6 Å². The van der Waals surface area contributed by atoms with E-state index in [9.17, 15) is 0 Å². The van der Waals surface area contributed by atoms with Crippen LogP contribution in [0.4, 0.5) is 0 Å². The summed E-state index contributed by atoms with van der Waals surface area (Å²) in [5.74, 6) is 1.17. The highest BCUT2D eigenvalue weighted by atomic mass is 79.9. The van der Waals surface area contributed by atoms with Gasteiger partial charge < -0.3 is 4.74 Å². The smallest absolute Gasteiger partial charge is 0.230 e. The van der Waals surface area contributed by atoms with E-state index in [-0.39, 0.29) is 0 Å². The van der Waals surface area contributed by atoms with Crippen LogP contribution in [0.3, 0.4) is 0 Å². The van der Waals surface area contributed by atoms with Gasteiger partial charge in [-0.2, -0.15) is 0 Å². The van der Waals surface area contributed by atoms with Crippen LogP contribution in [0.25, 0.3) is 16.6 Å². The average molecular weight is 368 g/mol. The van der Waals surface area contributed by atoms with Gasteiger partial charge in [0, 0.05) is 10.5 Å². The first kappa shape index (κ1) is 13.8. The first-order valence-electron chi connectivity index (χ1n) is 6.84. The van der Waals surface area contributed by atoms with E-state index >= 15 is 0 Å². The highest BCUT2D eigenvalue weighted by molar-refractivity contribution is 9.10. The van der Waals surface area contributed by atoms with E-state index in [2.05, 4.69) is 36.2 Å². The van der Waals surface area contributed by atoms with Crippen molar-refractivity contribution in [1.82, 2.24) is 25.0 Å². The number of nitrogens with zero attached hydrogens (tertiary/aromatic N) is 5. The highest BCUT2D eigenvalue weighted by Crippen LogP contribution is 2.29. The molecule has 0 aliphatic rings.